The Morgan fingerprint density at radius 2 is 2.00 bits per heavy atom. The molecule has 0 heterocycles. The van der Waals surface area contributed by atoms with Crippen molar-refractivity contribution in [2.75, 3.05) is 6.61 Å². The van der Waals surface area contributed by atoms with E-state index in [9.17, 15) is 4.39 Å². The fourth-order valence-corrected chi connectivity index (χ4v) is 1.99. The van der Waals surface area contributed by atoms with Crippen molar-refractivity contribution < 1.29 is 9.50 Å². The predicted molar refractivity (Wildman–Crippen MR) is 71.4 cm³/mol. The van der Waals surface area contributed by atoms with Crippen molar-refractivity contribution in [2.45, 2.75) is 32.9 Å². The zero-order chi connectivity index (χ0) is 13.0. The third kappa shape index (κ3) is 4.05. The van der Waals surface area contributed by atoms with Crippen LogP contribution in [0.25, 0.3) is 0 Å². The van der Waals surface area contributed by atoms with E-state index in [2.05, 4.69) is 21.2 Å². The van der Waals surface area contributed by atoms with Crippen LogP contribution in [0.5, 0.6) is 0 Å². The largest absolute Gasteiger partial charge is 0.396 e. The number of aliphatic hydroxyl groups excluding tert-OH is 1. The Morgan fingerprint density at radius 1 is 1.35 bits per heavy atom. The summed E-state index contributed by atoms with van der Waals surface area (Å²) in [5, 5.41) is 12.5. The number of hydrogen-bond acceptors (Lipinski definition) is 2. The molecule has 2 nitrogen and oxygen atoms in total. The second kappa shape index (κ2) is 6.47. The Kier molecular flexibility index (Phi) is 5.56. The van der Waals surface area contributed by atoms with Gasteiger partial charge in [0.1, 0.15) is 5.82 Å². The van der Waals surface area contributed by atoms with Crippen molar-refractivity contribution in [3.63, 3.8) is 0 Å². The Hall–Kier alpha value is -0.450. The average molecular weight is 304 g/mol. The summed E-state index contributed by atoms with van der Waals surface area (Å²) in [6.45, 7) is 6.22. The molecule has 2 N–H and O–H groups in total. The van der Waals surface area contributed by atoms with Crippen LogP contribution in [0.15, 0.2) is 22.7 Å². The maximum Gasteiger partial charge on any atom is 0.137 e. The normalized spacial score (nSPS) is 16.6. The van der Waals surface area contributed by atoms with Gasteiger partial charge in [-0.25, -0.2) is 4.39 Å². The van der Waals surface area contributed by atoms with Crippen molar-refractivity contribution in [3.8, 4) is 0 Å². The molecular formula is C13H19BrFNO. The van der Waals surface area contributed by atoms with Crippen LogP contribution in [0.1, 0.15) is 32.4 Å². The number of benzene rings is 1. The highest BCUT2D eigenvalue weighted by atomic mass is 79.9. The number of aliphatic hydroxyl groups is 1. The number of nitrogens with one attached hydrogen (secondary N) is 1. The Balaban J connectivity index is 2.69. The molecule has 0 saturated carbocycles. The summed E-state index contributed by atoms with van der Waals surface area (Å²) in [5.41, 5.74) is 1.02. The molecule has 1 aromatic rings. The van der Waals surface area contributed by atoms with Gasteiger partial charge in [-0.3, -0.25) is 0 Å². The average Bonchev–Trinajstić information content (AvgIpc) is 2.31. The topological polar surface area (TPSA) is 32.3 Å². The van der Waals surface area contributed by atoms with Gasteiger partial charge in [-0.15, -0.1) is 0 Å². The predicted octanol–water partition coefficient (Wildman–Crippen LogP) is 3.26. The van der Waals surface area contributed by atoms with E-state index >= 15 is 0 Å². The molecule has 0 bridgehead atoms. The van der Waals surface area contributed by atoms with Gasteiger partial charge in [-0.1, -0.05) is 13.0 Å². The molecule has 0 amide bonds. The summed E-state index contributed by atoms with van der Waals surface area (Å²) in [5.74, 6) is -0.0564. The minimum atomic E-state index is -0.252. The van der Waals surface area contributed by atoms with Gasteiger partial charge in [-0.05, 0) is 53.4 Å². The lowest BCUT2D eigenvalue weighted by Gasteiger charge is -2.24. The maximum absolute atomic E-state index is 13.1. The van der Waals surface area contributed by atoms with Gasteiger partial charge < -0.3 is 10.4 Å². The Labute approximate surface area is 110 Å². The second-order valence-electron chi connectivity index (χ2n) is 4.51. The number of halogens is 2. The fourth-order valence-electron chi connectivity index (χ4n) is 1.59. The van der Waals surface area contributed by atoms with Gasteiger partial charge in [0.05, 0.1) is 4.47 Å². The fraction of sp³-hybridized carbons (Fsp3) is 0.538. The molecule has 1 rings (SSSR count). The minimum Gasteiger partial charge on any atom is -0.396 e. The summed E-state index contributed by atoms with van der Waals surface area (Å²) < 4.78 is 13.6. The molecule has 0 radical (unpaired) electrons. The first-order valence-corrected chi connectivity index (χ1v) is 6.56. The number of rotatable bonds is 5. The summed E-state index contributed by atoms with van der Waals surface area (Å²) in [6.07, 6.45) is 0. The molecule has 3 unspecified atom stereocenters. The van der Waals surface area contributed by atoms with E-state index in [-0.39, 0.29) is 30.4 Å². The minimum absolute atomic E-state index is 0.121. The molecule has 4 heteroatoms. The molecule has 0 saturated heterocycles. The van der Waals surface area contributed by atoms with Gasteiger partial charge in [-0.2, -0.15) is 0 Å². The quantitative estimate of drug-likeness (QED) is 0.875. The van der Waals surface area contributed by atoms with Gasteiger partial charge in [0, 0.05) is 18.7 Å². The molecular weight excluding hydrogens is 285 g/mol. The van der Waals surface area contributed by atoms with Crippen molar-refractivity contribution in [1.82, 2.24) is 5.32 Å². The monoisotopic (exact) mass is 303 g/mol. The molecule has 0 fully saturated rings. The van der Waals surface area contributed by atoms with E-state index in [1.165, 1.54) is 6.07 Å². The van der Waals surface area contributed by atoms with E-state index in [0.29, 0.717) is 4.47 Å². The van der Waals surface area contributed by atoms with Crippen LogP contribution < -0.4 is 5.32 Å². The zero-order valence-corrected chi connectivity index (χ0v) is 12.0. The van der Waals surface area contributed by atoms with E-state index in [1.54, 1.807) is 12.1 Å². The smallest absolute Gasteiger partial charge is 0.137 e. The summed E-state index contributed by atoms with van der Waals surface area (Å²) in [4.78, 5) is 0. The first kappa shape index (κ1) is 14.6. The van der Waals surface area contributed by atoms with Crippen LogP contribution in [0, 0.1) is 11.7 Å². The van der Waals surface area contributed by atoms with Crippen LogP contribution in [0.3, 0.4) is 0 Å². The van der Waals surface area contributed by atoms with Gasteiger partial charge in [0.15, 0.2) is 0 Å². The Bertz CT molecular complexity index is 372. The third-order valence-corrected chi connectivity index (χ3v) is 3.71. The molecule has 0 spiro atoms. The van der Waals surface area contributed by atoms with Crippen molar-refractivity contribution in [3.05, 3.63) is 34.1 Å². The summed E-state index contributed by atoms with van der Waals surface area (Å²) in [6, 6.07) is 5.34. The summed E-state index contributed by atoms with van der Waals surface area (Å²) >= 11 is 3.18. The van der Waals surface area contributed by atoms with Crippen LogP contribution in [0.4, 0.5) is 4.39 Å². The van der Waals surface area contributed by atoms with Gasteiger partial charge >= 0.3 is 0 Å². The van der Waals surface area contributed by atoms with Crippen LogP contribution in [0.2, 0.25) is 0 Å². The Morgan fingerprint density at radius 3 is 2.53 bits per heavy atom. The van der Waals surface area contributed by atoms with E-state index in [4.69, 9.17) is 5.11 Å². The first-order chi connectivity index (χ1) is 7.95. The highest BCUT2D eigenvalue weighted by Gasteiger charge is 2.15. The van der Waals surface area contributed by atoms with Crippen molar-refractivity contribution in [2.24, 2.45) is 5.92 Å². The molecule has 0 aliphatic rings. The van der Waals surface area contributed by atoms with E-state index in [0.717, 1.165) is 5.56 Å². The van der Waals surface area contributed by atoms with Crippen LogP contribution in [-0.2, 0) is 0 Å². The van der Waals surface area contributed by atoms with Crippen LogP contribution >= 0.6 is 15.9 Å². The zero-order valence-electron chi connectivity index (χ0n) is 10.4. The van der Waals surface area contributed by atoms with E-state index < -0.39 is 0 Å². The third-order valence-electron chi connectivity index (χ3n) is 3.10. The molecule has 0 aromatic heterocycles. The van der Waals surface area contributed by atoms with E-state index in [1.807, 2.05) is 20.8 Å². The van der Waals surface area contributed by atoms with Crippen molar-refractivity contribution >= 4 is 15.9 Å². The molecule has 3 atom stereocenters. The van der Waals surface area contributed by atoms with Gasteiger partial charge in [0.25, 0.3) is 0 Å². The maximum atomic E-state index is 13.1. The lowest BCUT2D eigenvalue weighted by atomic mass is 10.0. The lowest BCUT2D eigenvalue weighted by molar-refractivity contribution is 0.202. The highest BCUT2D eigenvalue weighted by Crippen LogP contribution is 2.22. The highest BCUT2D eigenvalue weighted by molar-refractivity contribution is 9.10. The van der Waals surface area contributed by atoms with Gasteiger partial charge in [0.2, 0.25) is 0 Å². The summed E-state index contributed by atoms with van der Waals surface area (Å²) in [7, 11) is 0. The lowest BCUT2D eigenvalue weighted by Crippen LogP contribution is -2.35. The molecule has 1 aromatic carbocycles. The van der Waals surface area contributed by atoms with Crippen molar-refractivity contribution in [1.29, 1.82) is 0 Å². The van der Waals surface area contributed by atoms with Crippen LogP contribution in [-0.4, -0.2) is 17.8 Å². The molecule has 96 valence electrons. The molecule has 17 heavy (non-hydrogen) atoms. The molecule has 0 aliphatic heterocycles. The SMILES string of the molecule is CC(NC(C)C(C)CO)c1ccc(F)c(Br)c1. The second-order valence-corrected chi connectivity index (χ2v) is 5.36. The molecule has 0 aliphatic carbocycles. The standard InChI is InChI=1S/C13H19BrFNO/c1-8(7-17)9(2)16-10(3)11-4-5-13(15)12(14)6-11/h4-6,8-10,16-17H,7H2,1-3H3. The first-order valence-electron chi connectivity index (χ1n) is 5.77. The number of hydrogen-bond donors (Lipinski definition) is 2.